The van der Waals surface area contributed by atoms with Crippen LogP contribution in [0.25, 0.3) is 0 Å². The van der Waals surface area contributed by atoms with Gasteiger partial charge in [0.15, 0.2) is 0 Å². The van der Waals surface area contributed by atoms with Gasteiger partial charge in [0.25, 0.3) is 6.47 Å². The molecule has 0 aromatic rings. The first-order chi connectivity index (χ1) is 27.4. The molecule has 0 fully saturated rings. The molecule has 0 aliphatic heterocycles. The zero-order valence-electron chi connectivity index (χ0n) is 38.9. The molecule has 0 heterocycles. The molecule has 0 bridgehead atoms. The van der Waals surface area contributed by atoms with Gasteiger partial charge in [0.1, 0.15) is 0 Å². The van der Waals surface area contributed by atoms with Gasteiger partial charge in [0.05, 0.1) is 12.7 Å². The second-order valence-corrected chi connectivity index (χ2v) is 17.3. The summed E-state index contributed by atoms with van der Waals surface area (Å²) in [6, 6.07) is 0. The van der Waals surface area contributed by atoms with E-state index in [1.165, 1.54) is 218 Å². The Morgan fingerprint density at radius 1 is 0.500 bits per heavy atom. The van der Waals surface area contributed by atoms with Crippen molar-refractivity contribution in [2.45, 2.75) is 265 Å². The number of nitrogens with zero attached hydrogens (tertiary/aromatic N) is 1. The SMILES string of the molecule is CCCCCC(CCCCC)CCCCCCCCCC(CCCCCCCCOC(=O)CC(CCCCC)CCCCC)OCCCCN(C)CC.O=CO. The molecule has 1 N–H and O–H groups in total. The van der Waals surface area contributed by atoms with E-state index in [4.69, 9.17) is 19.4 Å². The Morgan fingerprint density at radius 3 is 1.29 bits per heavy atom. The Hall–Kier alpha value is -1.14. The molecular weight excluding hydrogens is 695 g/mol. The molecule has 0 aromatic carbocycles. The third-order valence-corrected chi connectivity index (χ3v) is 12.0. The van der Waals surface area contributed by atoms with Crippen molar-refractivity contribution >= 4 is 12.4 Å². The van der Waals surface area contributed by atoms with Crippen LogP contribution in [-0.4, -0.2) is 61.9 Å². The van der Waals surface area contributed by atoms with Gasteiger partial charge in [-0.1, -0.05) is 208 Å². The van der Waals surface area contributed by atoms with Crippen LogP contribution in [0.1, 0.15) is 259 Å². The first-order valence-corrected chi connectivity index (χ1v) is 24.9. The van der Waals surface area contributed by atoms with Gasteiger partial charge < -0.3 is 19.5 Å². The van der Waals surface area contributed by atoms with E-state index in [0.29, 0.717) is 25.0 Å². The maximum Gasteiger partial charge on any atom is 0.306 e. The summed E-state index contributed by atoms with van der Waals surface area (Å²) < 4.78 is 12.2. The van der Waals surface area contributed by atoms with Gasteiger partial charge in [-0.2, -0.15) is 0 Å². The van der Waals surface area contributed by atoms with Gasteiger partial charge in [-0.15, -0.1) is 0 Å². The van der Waals surface area contributed by atoms with E-state index in [0.717, 1.165) is 25.5 Å². The zero-order chi connectivity index (χ0) is 41.6. The van der Waals surface area contributed by atoms with Crippen molar-refractivity contribution in [3.05, 3.63) is 0 Å². The summed E-state index contributed by atoms with van der Waals surface area (Å²) in [4.78, 5) is 23.3. The molecule has 336 valence electrons. The zero-order valence-corrected chi connectivity index (χ0v) is 38.9. The summed E-state index contributed by atoms with van der Waals surface area (Å²) in [6.45, 7) is 15.0. The fourth-order valence-corrected chi connectivity index (χ4v) is 8.07. The fourth-order valence-electron chi connectivity index (χ4n) is 8.07. The molecule has 0 saturated heterocycles. The number of ether oxygens (including phenoxy) is 2. The lowest BCUT2D eigenvalue weighted by atomic mass is 9.90. The summed E-state index contributed by atoms with van der Waals surface area (Å²) >= 11 is 0. The number of hydrogen-bond donors (Lipinski definition) is 1. The van der Waals surface area contributed by atoms with Gasteiger partial charge >= 0.3 is 5.97 Å². The Balaban J connectivity index is 0. The highest BCUT2D eigenvalue weighted by molar-refractivity contribution is 5.69. The van der Waals surface area contributed by atoms with Gasteiger partial charge in [-0.25, -0.2) is 0 Å². The molecule has 0 radical (unpaired) electrons. The van der Waals surface area contributed by atoms with E-state index in [1.807, 2.05) is 0 Å². The van der Waals surface area contributed by atoms with Crippen LogP contribution in [0.4, 0.5) is 0 Å². The summed E-state index contributed by atoms with van der Waals surface area (Å²) in [7, 11) is 2.22. The minimum atomic E-state index is -0.250. The van der Waals surface area contributed by atoms with E-state index in [-0.39, 0.29) is 12.4 Å². The lowest BCUT2D eigenvalue weighted by molar-refractivity contribution is -0.145. The highest BCUT2D eigenvalue weighted by Gasteiger charge is 2.15. The Morgan fingerprint density at radius 2 is 0.857 bits per heavy atom. The van der Waals surface area contributed by atoms with Crippen LogP contribution < -0.4 is 0 Å². The van der Waals surface area contributed by atoms with Crippen LogP contribution in [0.15, 0.2) is 0 Å². The van der Waals surface area contributed by atoms with Crippen LogP contribution in [0.2, 0.25) is 0 Å². The number of carboxylic acid groups (broad SMARTS) is 1. The molecule has 0 amide bonds. The molecule has 56 heavy (non-hydrogen) atoms. The molecule has 6 heteroatoms. The monoisotopic (exact) mass is 796 g/mol. The van der Waals surface area contributed by atoms with E-state index in [2.05, 4.69) is 46.6 Å². The lowest BCUT2D eigenvalue weighted by Crippen LogP contribution is -2.20. The quantitative estimate of drug-likeness (QED) is 0.0376. The minimum absolute atomic E-state index is 0.0427. The minimum Gasteiger partial charge on any atom is -0.483 e. The van der Waals surface area contributed by atoms with Crippen molar-refractivity contribution in [3.8, 4) is 0 Å². The number of carbonyl (C=O) groups excluding carboxylic acids is 1. The number of esters is 1. The summed E-state index contributed by atoms with van der Waals surface area (Å²) in [5.74, 6) is 1.56. The largest absolute Gasteiger partial charge is 0.483 e. The first-order valence-electron chi connectivity index (χ1n) is 24.9. The maximum absolute atomic E-state index is 12.5. The summed E-state index contributed by atoms with van der Waals surface area (Å²) in [5, 5.41) is 6.89. The van der Waals surface area contributed by atoms with Crippen molar-refractivity contribution in [2.75, 3.05) is 33.4 Å². The van der Waals surface area contributed by atoms with Gasteiger partial charge in [-0.3, -0.25) is 9.59 Å². The topological polar surface area (TPSA) is 76.1 Å². The van der Waals surface area contributed by atoms with Gasteiger partial charge in [-0.05, 0) is 76.9 Å². The Kier molecular flexibility index (Phi) is 49.1. The second-order valence-electron chi connectivity index (χ2n) is 17.3. The normalized spacial score (nSPS) is 12.0. The van der Waals surface area contributed by atoms with Gasteiger partial charge in [0.2, 0.25) is 0 Å². The fraction of sp³-hybridized carbons (Fsp3) is 0.960. The number of rotatable bonds is 44. The smallest absolute Gasteiger partial charge is 0.306 e. The average Bonchev–Trinajstić information content (AvgIpc) is 3.19. The van der Waals surface area contributed by atoms with Crippen molar-refractivity contribution in [3.63, 3.8) is 0 Å². The number of unbranched alkanes of at least 4 members (excludes halogenated alkanes) is 20. The predicted octanol–water partition coefficient (Wildman–Crippen LogP) is 15.5. The lowest BCUT2D eigenvalue weighted by Gasteiger charge is -2.19. The Labute approximate surface area is 351 Å². The van der Waals surface area contributed by atoms with E-state index < -0.39 is 0 Å². The van der Waals surface area contributed by atoms with Gasteiger partial charge in [0, 0.05) is 13.0 Å². The van der Waals surface area contributed by atoms with Crippen molar-refractivity contribution in [2.24, 2.45) is 11.8 Å². The average molecular weight is 796 g/mol. The number of hydrogen-bond acceptors (Lipinski definition) is 5. The van der Waals surface area contributed by atoms with E-state index in [1.54, 1.807) is 0 Å². The van der Waals surface area contributed by atoms with Crippen LogP contribution in [0, 0.1) is 11.8 Å². The van der Waals surface area contributed by atoms with E-state index >= 15 is 0 Å². The highest BCUT2D eigenvalue weighted by atomic mass is 16.5. The molecule has 0 aliphatic carbocycles. The van der Waals surface area contributed by atoms with Crippen molar-refractivity contribution in [1.82, 2.24) is 4.90 Å². The second kappa shape index (κ2) is 48.2. The van der Waals surface area contributed by atoms with Crippen LogP contribution in [-0.2, 0) is 19.1 Å². The third kappa shape index (κ3) is 44.0. The highest BCUT2D eigenvalue weighted by Crippen LogP contribution is 2.25. The summed E-state index contributed by atoms with van der Waals surface area (Å²) in [5.41, 5.74) is 0. The molecular formula is C50H101NO5. The van der Waals surface area contributed by atoms with Crippen LogP contribution in [0.5, 0.6) is 0 Å². The molecule has 6 nitrogen and oxygen atoms in total. The summed E-state index contributed by atoms with van der Waals surface area (Å²) in [6.07, 6.45) is 46.0. The Bertz CT molecular complexity index is 744. The maximum atomic E-state index is 12.5. The van der Waals surface area contributed by atoms with E-state index in [9.17, 15) is 4.79 Å². The molecule has 0 aliphatic rings. The number of carbonyl (C=O) groups is 2. The van der Waals surface area contributed by atoms with Crippen molar-refractivity contribution < 1.29 is 24.2 Å². The van der Waals surface area contributed by atoms with Crippen molar-refractivity contribution in [1.29, 1.82) is 0 Å². The predicted molar refractivity (Wildman–Crippen MR) is 244 cm³/mol. The molecule has 0 saturated carbocycles. The third-order valence-electron chi connectivity index (χ3n) is 12.0. The van der Waals surface area contributed by atoms with Crippen LogP contribution in [0.3, 0.4) is 0 Å². The molecule has 1 unspecified atom stereocenters. The molecule has 0 rings (SSSR count). The molecule has 0 aromatic heterocycles. The standard InChI is InChI=1S/C49H99NO3.CH2O2/c1-7-12-25-35-46(36-26-13-8-2)37-29-21-17-16-18-22-30-40-48(52-43-34-32-42-50(6)11-5)41-31-23-19-20-24-33-44-53-49(51)45-47(38-27-14-9-3)39-28-15-10-4;2-1-3/h46-48H,7-45H2,1-6H3;1H,(H,2,3). The molecule has 1 atom stereocenters. The molecule has 0 spiro atoms. The van der Waals surface area contributed by atoms with Crippen LogP contribution >= 0.6 is 0 Å². The first kappa shape index (κ1) is 57.0.